The van der Waals surface area contributed by atoms with Crippen molar-refractivity contribution in [2.75, 3.05) is 18.5 Å². The van der Waals surface area contributed by atoms with Crippen molar-refractivity contribution in [3.05, 3.63) is 17.8 Å². The second kappa shape index (κ2) is 5.26. The number of aromatic nitrogens is 2. The molecule has 0 aliphatic carbocycles. The smallest absolute Gasteiger partial charge is 0.356 e. The summed E-state index contributed by atoms with van der Waals surface area (Å²) in [5.41, 5.74) is -0.0873. The van der Waals surface area contributed by atoms with Gasteiger partial charge >= 0.3 is 5.97 Å². The molecule has 0 aliphatic rings. The number of aliphatic hydroxyl groups excluding tert-OH is 1. The van der Waals surface area contributed by atoms with Crippen LogP contribution in [-0.2, 0) is 0 Å². The van der Waals surface area contributed by atoms with Gasteiger partial charge in [0.1, 0.15) is 5.82 Å². The fourth-order valence-electron chi connectivity index (χ4n) is 0.884. The Balaban J connectivity index is 2.53. The van der Waals surface area contributed by atoms with Gasteiger partial charge in [-0.2, -0.15) is 0 Å². The average Bonchev–Trinajstić information content (AvgIpc) is 2.26. The zero-order valence-corrected chi connectivity index (χ0v) is 8.34. The van der Waals surface area contributed by atoms with Crippen LogP contribution in [0.3, 0.4) is 0 Å². The second-order valence-electron chi connectivity index (χ2n) is 3.28. The van der Waals surface area contributed by atoms with Crippen molar-refractivity contribution in [2.24, 2.45) is 5.92 Å². The molecule has 1 heterocycles. The Morgan fingerprint density at radius 2 is 2.27 bits per heavy atom. The SMILES string of the molecule is CC(CO)CNc1ccc(C(=O)O)nn1. The number of carboxylic acid groups (broad SMARTS) is 1. The normalized spacial score (nSPS) is 12.1. The summed E-state index contributed by atoms with van der Waals surface area (Å²) in [5.74, 6) is -0.482. The predicted octanol–water partition coefficient (Wildman–Crippen LogP) is 0.215. The highest BCUT2D eigenvalue weighted by Gasteiger charge is 2.05. The number of aromatic carboxylic acids is 1. The van der Waals surface area contributed by atoms with E-state index in [0.717, 1.165) is 0 Å². The minimum atomic E-state index is -1.10. The minimum absolute atomic E-state index is 0.0873. The van der Waals surface area contributed by atoms with E-state index < -0.39 is 5.97 Å². The fourth-order valence-corrected chi connectivity index (χ4v) is 0.884. The lowest BCUT2D eigenvalue weighted by molar-refractivity contribution is 0.0689. The molecule has 6 heteroatoms. The monoisotopic (exact) mass is 211 g/mol. The van der Waals surface area contributed by atoms with E-state index in [0.29, 0.717) is 12.4 Å². The second-order valence-corrected chi connectivity index (χ2v) is 3.28. The van der Waals surface area contributed by atoms with Crippen LogP contribution in [0.5, 0.6) is 0 Å². The molecule has 0 saturated carbocycles. The highest BCUT2D eigenvalue weighted by atomic mass is 16.4. The Kier molecular flexibility index (Phi) is 3.99. The van der Waals surface area contributed by atoms with Crippen LogP contribution in [0.25, 0.3) is 0 Å². The highest BCUT2D eigenvalue weighted by molar-refractivity contribution is 5.85. The number of carbonyl (C=O) groups is 1. The maximum Gasteiger partial charge on any atom is 0.356 e. The maximum absolute atomic E-state index is 10.5. The number of carboxylic acids is 1. The van der Waals surface area contributed by atoms with E-state index in [-0.39, 0.29) is 18.2 Å². The van der Waals surface area contributed by atoms with Crippen molar-refractivity contribution in [3.63, 3.8) is 0 Å². The Hall–Kier alpha value is -1.69. The Bertz CT molecular complexity index is 326. The molecule has 0 bridgehead atoms. The molecule has 1 atom stereocenters. The number of rotatable bonds is 5. The molecule has 0 radical (unpaired) electrons. The van der Waals surface area contributed by atoms with E-state index in [9.17, 15) is 4.79 Å². The lowest BCUT2D eigenvalue weighted by atomic mass is 10.2. The van der Waals surface area contributed by atoms with Gasteiger partial charge in [-0.15, -0.1) is 10.2 Å². The average molecular weight is 211 g/mol. The summed E-state index contributed by atoms with van der Waals surface area (Å²) in [5, 5.41) is 27.5. The quantitative estimate of drug-likeness (QED) is 0.644. The maximum atomic E-state index is 10.5. The number of nitrogens with one attached hydrogen (secondary N) is 1. The van der Waals surface area contributed by atoms with Gasteiger partial charge in [-0.05, 0) is 18.1 Å². The topological polar surface area (TPSA) is 95.3 Å². The number of anilines is 1. The van der Waals surface area contributed by atoms with Crippen LogP contribution in [0, 0.1) is 5.92 Å². The molecule has 1 rings (SSSR count). The highest BCUT2D eigenvalue weighted by Crippen LogP contribution is 2.03. The van der Waals surface area contributed by atoms with Crippen LogP contribution < -0.4 is 5.32 Å². The molecular formula is C9H13N3O3. The standard InChI is InChI=1S/C9H13N3O3/c1-6(5-13)4-10-8-3-2-7(9(14)15)11-12-8/h2-3,6,13H,4-5H2,1H3,(H,10,12)(H,14,15). The van der Waals surface area contributed by atoms with Gasteiger partial charge in [-0.1, -0.05) is 6.92 Å². The first-order chi connectivity index (χ1) is 7.13. The zero-order chi connectivity index (χ0) is 11.3. The van der Waals surface area contributed by atoms with Gasteiger partial charge in [-0.25, -0.2) is 4.79 Å². The third-order valence-electron chi connectivity index (χ3n) is 1.83. The van der Waals surface area contributed by atoms with Crippen molar-refractivity contribution in [1.29, 1.82) is 0 Å². The largest absolute Gasteiger partial charge is 0.476 e. The Morgan fingerprint density at radius 1 is 1.53 bits per heavy atom. The van der Waals surface area contributed by atoms with E-state index >= 15 is 0 Å². The number of hydrogen-bond donors (Lipinski definition) is 3. The van der Waals surface area contributed by atoms with Gasteiger partial charge in [0, 0.05) is 13.2 Å². The first kappa shape index (κ1) is 11.4. The summed E-state index contributed by atoms with van der Waals surface area (Å²) in [4.78, 5) is 10.5. The first-order valence-electron chi connectivity index (χ1n) is 4.55. The number of aliphatic hydroxyl groups is 1. The van der Waals surface area contributed by atoms with Crippen molar-refractivity contribution < 1.29 is 15.0 Å². The van der Waals surface area contributed by atoms with Gasteiger partial charge in [0.25, 0.3) is 0 Å². The van der Waals surface area contributed by atoms with Crippen LogP contribution in [0.15, 0.2) is 12.1 Å². The van der Waals surface area contributed by atoms with Crippen LogP contribution in [0.2, 0.25) is 0 Å². The molecular weight excluding hydrogens is 198 g/mol. The third kappa shape index (κ3) is 3.51. The lowest BCUT2D eigenvalue weighted by Gasteiger charge is -2.09. The predicted molar refractivity (Wildman–Crippen MR) is 53.7 cm³/mol. The van der Waals surface area contributed by atoms with Crippen LogP contribution in [0.1, 0.15) is 17.4 Å². The molecule has 1 aromatic rings. The molecule has 0 fully saturated rings. The summed E-state index contributed by atoms with van der Waals surface area (Å²) in [6, 6.07) is 2.92. The van der Waals surface area contributed by atoms with Crippen molar-refractivity contribution in [2.45, 2.75) is 6.92 Å². The van der Waals surface area contributed by atoms with Crippen LogP contribution in [0.4, 0.5) is 5.82 Å². The molecule has 6 nitrogen and oxygen atoms in total. The molecule has 0 aromatic carbocycles. The van der Waals surface area contributed by atoms with E-state index in [2.05, 4.69) is 15.5 Å². The summed E-state index contributed by atoms with van der Waals surface area (Å²) < 4.78 is 0. The van der Waals surface area contributed by atoms with Crippen LogP contribution in [-0.4, -0.2) is 39.5 Å². The summed E-state index contributed by atoms with van der Waals surface area (Å²) in [6.07, 6.45) is 0. The van der Waals surface area contributed by atoms with E-state index in [1.807, 2.05) is 6.92 Å². The fraction of sp³-hybridized carbons (Fsp3) is 0.444. The minimum Gasteiger partial charge on any atom is -0.476 e. The molecule has 0 aliphatic heterocycles. The Labute approximate surface area is 87.0 Å². The molecule has 1 unspecified atom stereocenters. The molecule has 0 spiro atoms. The summed E-state index contributed by atoms with van der Waals surface area (Å²) in [6.45, 7) is 2.54. The summed E-state index contributed by atoms with van der Waals surface area (Å²) >= 11 is 0. The molecule has 82 valence electrons. The summed E-state index contributed by atoms with van der Waals surface area (Å²) in [7, 11) is 0. The zero-order valence-electron chi connectivity index (χ0n) is 8.34. The molecule has 0 saturated heterocycles. The van der Waals surface area contributed by atoms with E-state index in [1.54, 1.807) is 6.07 Å². The van der Waals surface area contributed by atoms with Gasteiger partial charge in [0.2, 0.25) is 0 Å². The van der Waals surface area contributed by atoms with E-state index in [1.165, 1.54) is 6.07 Å². The molecule has 15 heavy (non-hydrogen) atoms. The van der Waals surface area contributed by atoms with Gasteiger partial charge in [0.15, 0.2) is 5.69 Å². The van der Waals surface area contributed by atoms with Gasteiger partial charge in [-0.3, -0.25) is 0 Å². The van der Waals surface area contributed by atoms with Crippen molar-refractivity contribution >= 4 is 11.8 Å². The van der Waals surface area contributed by atoms with Gasteiger partial charge in [0.05, 0.1) is 0 Å². The first-order valence-corrected chi connectivity index (χ1v) is 4.55. The molecule has 3 N–H and O–H groups in total. The van der Waals surface area contributed by atoms with Gasteiger partial charge < -0.3 is 15.5 Å². The van der Waals surface area contributed by atoms with Crippen molar-refractivity contribution in [3.8, 4) is 0 Å². The van der Waals surface area contributed by atoms with Crippen LogP contribution >= 0.6 is 0 Å². The van der Waals surface area contributed by atoms with E-state index in [4.69, 9.17) is 10.2 Å². The molecule has 0 amide bonds. The number of nitrogens with zero attached hydrogens (tertiary/aromatic N) is 2. The molecule has 1 aromatic heterocycles. The lowest BCUT2D eigenvalue weighted by Crippen LogP contribution is -2.15. The number of hydrogen-bond acceptors (Lipinski definition) is 5. The third-order valence-corrected chi connectivity index (χ3v) is 1.83. The van der Waals surface area contributed by atoms with Crippen molar-refractivity contribution in [1.82, 2.24) is 10.2 Å². The Morgan fingerprint density at radius 3 is 2.73 bits per heavy atom.